The highest BCUT2D eigenvalue weighted by molar-refractivity contribution is 5.39. The third-order valence-corrected chi connectivity index (χ3v) is 4.63. The minimum atomic E-state index is 0.109. The summed E-state index contributed by atoms with van der Waals surface area (Å²) in [5.74, 6) is 5.37. The van der Waals surface area contributed by atoms with Crippen LogP contribution in [0.5, 0.6) is 0 Å². The quantitative estimate of drug-likeness (QED) is 0.858. The summed E-state index contributed by atoms with van der Waals surface area (Å²) in [5, 5.41) is 0. The van der Waals surface area contributed by atoms with Gasteiger partial charge in [0.05, 0.1) is 6.10 Å². The van der Waals surface area contributed by atoms with Crippen LogP contribution in [0.3, 0.4) is 0 Å². The molecule has 0 aromatic heterocycles. The minimum Gasteiger partial charge on any atom is -0.301 e. The molecule has 1 fully saturated rings. The minimum absolute atomic E-state index is 0.109. The lowest BCUT2D eigenvalue weighted by Crippen LogP contribution is -2.36. The van der Waals surface area contributed by atoms with Gasteiger partial charge in [0.1, 0.15) is 0 Å². The number of rotatable bonds is 3. The van der Waals surface area contributed by atoms with E-state index in [1.54, 1.807) is 0 Å². The van der Waals surface area contributed by atoms with Crippen LogP contribution in [0.2, 0.25) is 0 Å². The van der Waals surface area contributed by atoms with Crippen molar-refractivity contribution in [1.29, 1.82) is 0 Å². The van der Waals surface area contributed by atoms with Gasteiger partial charge in [-0.15, -0.1) is 0 Å². The Balaban J connectivity index is 2.01. The topological polar surface area (TPSA) is 35.2 Å². The van der Waals surface area contributed by atoms with Gasteiger partial charge in [-0.2, -0.15) is 0 Å². The second-order valence-electron chi connectivity index (χ2n) is 5.65. The van der Waals surface area contributed by atoms with Crippen molar-refractivity contribution < 1.29 is 4.84 Å². The second kappa shape index (κ2) is 5.78. The van der Waals surface area contributed by atoms with E-state index in [0.717, 1.165) is 25.7 Å². The lowest BCUT2D eigenvalue weighted by molar-refractivity contribution is 0.0160. The predicted octanol–water partition coefficient (Wildman–Crippen LogP) is 3.81. The predicted molar refractivity (Wildman–Crippen MR) is 81.2 cm³/mol. The number of benzene rings is 2. The van der Waals surface area contributed by atoms with Gasteiger partial charge in [0, 0.05) is 5.41 Å². The van der Waals surface area contributed by atoms with E-state index in [1.807, 2.05) is 0 Å². The average molecular weight is 267 g/mol. The van der Waals surface area contributed by atoms with Crippen LogP contribution in [-0.2, 0) is 10.3 Å². The van der Waals surface area contributed by atoms with Crippen molar-refractivity contribution in [2.75, 3.05) is 0 Å². The summed E-state index contributed by atoms with van der Waals surface area (Å²) in [7, 11) is 0. The molecule has 1 aliphatic rings. The molecular weight excluding hydrogens is 246 g/mol. The van der Waals surface area contributed by atoms with E-state index in [-0.39, 0.29) is 11.5 Å². The normalized spacial score (nSPS) is 18.9. The van der Waals surface area contributed by atoms with Crippen molar-refractivity contribution in [3.63, 3.8) is 0 Å². The summed E-state index contributed by atoms with van der Waals surface area (Å²) in [5.41, 5.74) is 2.92. The van der Waals surface area contributed by atoms with Crippen LogP contribution < -0.4 is 5.90 Å². The van der Waals surface area contributed by atoms with Gasteiger partial charge in [-0.05, 0) is 36.8 Å². The SMILES string of the molecule is NOC1CCC(c2ccccc2)(c2ccccc2)CC1. The largest absolute Gasteiger partial charge is 0.301 e. The molecule has 0 amide bonds. The third kappa shape index (κ3) is 2.37. The highest BCUT2D eigenvalue weighted by atomic mass is 16.6. The van der Waals surface area contributed by atoms with Crippen LogP contribution in [-0.4, -0.2) is 6.10 Å². The van der Waals surface area contributed by atoms with Crippen LogP contribution >= 0.6 is 0 Å². The number of hydrogen-bond donors (Lipinski definition) is 1. The van der Waals surface area contributed by atoms with Crippen LogP contribution in [0.15, 0.2) is 60.7 Å². The standard InChI is InChI=1S/C18H21NO/c19-20-17-11-13-18(14-12-17,15-7-3-1-4-8-15)16-9-5-2-6-10-16/h1-10,17H,11-14,19H2. The summed E-state index contributed by atoms with van der Waals surface area (Å²) in [6, 6.07) is 21.7. The maximum Gasteiger partial charge on any atom is 0.0788 e. The van der Waals surface area contributed by atoms with E-state index in [0.29, 0.717) is 0 Å². The number of nitrogens with two attached hydrogens (primary N) is 1. The zero-order chi connectivity index (χ0) is 13.8. The highest BCUT2D eigenvalue weighted by Crippen LogP contribution is 2.45. The summed E-state index contributed by atoms with van der Waals surface area (Å²) >= 11 is 0. The molecule has 2 nitrogen and oxygen atoms in total. The van der Waals surface area contributed by atoms with E-state index >= 15 is 0 Å². The molecule has 3 rings (SSSR count). The van der Waals surface area contributed by atoms with Crippen molar-refractivity contribution in [3.8, 4) is 0 Å². The molecule has 0 spiro atoms. The maximum atomic E-state index is 5.37. The molecule has 0 aliphatic heterocycles. The van der Waals surface area contributed by atoms with Gasteiger partial charge in [0.25, 0.3) is 0 Å². The summed E-state index contributed by atoms with van der Waals surface area (Å²) in [4.78, 5) is 5.06. The fourth-order valence-corrected chi connectivity index (χ4v) is 3.48. The number of hydrogen-bond acceptors (Lipinski definition) is 2. The van der Waals surface area contributed by atoms with Gasteiger partial charge < -0.3 is 4.84 Å². The molecule has 0 bridgehead atoms. The van der Waals surface area contributed by atoms with Gasteiger partial charge in [-0.25, -0.2) is 5.90 Å². The Morgan fingerprint density at radius 2 is 1.25 bits per heavy atom. The Bertz CT molecular complexity index is 488. The van der Waals surface area contributed by atoms with Crippen molar-refractivity contribution in [3.05, 3.63) is 71.8 Å². The van der Waals surface area contributed by atoms with Crippen molar-refractivity contribution in [2.45, 2.75) is 37.2 Å². The molecule has 1 aliphatic carbocycles. The van der Waals surface area contributed by atoms with E-state index in [2.05, 4.69) is 60.7 Å². The van der Waals surface area contributed by atoms with Crippen LogP contribution in [0, 0.1) is 0 Å². The first-order chi connectivity index (χ1) is 9.85. The van der Waals surface area contributed by atoms with Crippen molar-refractivity contribution in [2.24, 2.45) is 5.90 Å². The van der Waals surface area contributed by atoms with Crippen LogP contribution in [0.25, 0.3) is 0 Å². The Hall–Kier alpha value is -1.64. The molecule has 2 aromatic rings. The molecule has 20 heavy (non-hydrogen) atoms. The average Bonchev–Trinajstić information content (AvgIpc) is 2.56. The van der Waals surface area contributed by atoms with Crippen molar-refractivity contribution in [1.82, 2.24) is 0 Å². The molecule has 0 unspecified atom stereocenters. The van der Waals surface area contributed by atoms with E-state index in [4.69, 9.17) is 10.7 Å². The molecule has 2 heteroatoms. The first-order valence-electron chi connectivity index (χ1n) is 7.32. The highest BCUT2D eigenvalue weighted by Gasteiger charge is 2.38. The first-order valence-corrected chi connectivity index (χ1v) is 7.32. The molecule has 104 valence electrons. The Morgan fingerprint density at radius 1 is 0.800 bits per heavy atom. The van der Waals surface area contributed by atoms with Gasteiger partial charge in [-0.1, -0.05) is 60.7 Å². The van der Waals surface area contributed by atoms with Crippen LogP contribution in [0.1, 0.15) is 36.8 Å². The molecule has 1 saturated carbocycles. The van der Waals surface area contributed by atoms with Gasteiger partial charge in [0.2, 0.25) is 0 Å². The Labute approximate surface area is 120 Å². The smallest absolute Gasteiger partial charge is 0.0788 e. The fourth-order valence-electron chi connectivity index (χ4n) is 3.48. The third-order valence-electron chi connectivity index (χ3n) is 4.63. The maximum absolute atomic E-state index is 5.37. The molecule has 2 N–H and O–H groups in total. The Morgan fingerprint density at radius 3 is 1.65 bits per heavy atom. The molecule has 0 saturated heterocycles. The summed E-state index contributed by atoms with van der Waals surface area (Å²) in [6.45, 7) is 0. The molecule has 0 heterocycles. The molecule has 0 atom stereocenters. The monoisotopic (exact) mass is 267 g/mol. The van der Waals surface area contributed by atoms with E-state index in [1.165, 1.54) is 11.1 Å². The second-order valence-corrected chi connectivity index (χ2v) is 5.65. The van der Waals surface area contributed by atoms with Gasteiger partial charge in [0.15, 0.2) is 0 Å². The lowest BCUT2D eigenvalue weighted by Gasteiger charge is -2.40. The Kier molecular flexibility index (Phi) is 3.86. The van der Waals surface area contributed by atoms with Gasteiger partial charge >= 0.3 is 0 Å². The van der Waals surface area contributed by atoms with E-state index < -0.39 is 0 Å². The van der Waals surface area contributed by atoms with Crippen LogP contribution in [0.4, 0.5) is 0 Å². The summed E-state index contributed by atoms with van der Waals surface area (Å²) in [6.07, 6.45) is 4.40. The lowest BCUT2D eigenvalue weighted by atomic mass is 9.65. The zero-order valence-electron chi connectivity index (χ0n) is 11.7. The first kappa shape index (κ1) is 13.3. The van der Waals surface area contributed by atoms with E-state index in [9.17, 15) is 0 Å². The zero-order valence-corrected chi connectivity index (χ0v) is 11.7. The van der Waals surface area contributed by atoms with Gasteiger partial charge in [-0.3, -0.25) is 0 Å². The van der Waals surface area contributed by atoms with Crippen molar-refractivity contribution >= 4 is 0 Å². The fraction of sp³-hybridized carbons (Fsp3) is 0.333. The summed E-state index contributed by atoms with van der Waals surface area (Å²) < 4.78 is 0. The molecule has 2 aromatic carbocycles. The molecular formula is C18H21NO. The molecule has 0 radical (unpaired) electrons.